The zero-order chi connectivity index (χ0) is 9.97. The van der Waals surface area contributed by atoms with Gasteiger partial charge in [0.25, 0.3) is 0 Å². The molecule has 1 heterocycles. The van der Waals surface area contributed by atoms with E-state index in [0.29, 0.717) is 0 Å². The van der Waals surface area contributed by atoms with Gasteiger partial charge >= 0.3 is 0 Å². The minimum Gasteiger partial charge on any atom is -0.314 e. The van der Waals surface area contributed by atoms with Crippen molar-refractivity contribution >= 4 is 11.5 Å². The topological polar surface area (TPSA) is 15.8 Å². The summed E-state index contributed by atoms with van der Waals surface area (Å²) in [6.45, 7) is 4.33. The van der Waals surface area contributed by atoms with E-state index < -0.39 is 0 Å². The second-order valence-electron chi connectivity index (χ2n) is 3.61. The predicted octanol–water partition coefficient (Wildman–Crippen LogP) is 4.25. The smallest absolute Gasteiger partial charge is 0.0711 e. The molecular weight excluding hydrogens is 190 g/mol. The molecule has 1 aromatic carbocycles. The van der Waals surface area contributed by atoms with Crippen molar-refractivity contribution < 1.29 is 1.43 Å². The first-order valence-electron chi connectivity index (χ1n) is 5.04. The number of benzene rings is 1. The summed E-state index contributed by atoms with van der Waals surface area (Å²) in [7, 11) is 0. The molecule has 1 N–H and O–H groups in total. The van der Waals surface area contributed by atoms with Crippen molar-refractivity contribution in [1.29, 1.82) is 0 Å². The van der Waals surface area contributed by atoms with Crippen LogP contribution in [-0.2, 0) is 6.42 Å². The SMILES string of the molecule is CCCc1ccc(-c2s[nH]c2C)cc1.[HH]. The summed E-state index contributed by atoms with van der Waals surface area (Å²) < 4.78 is 3.19. The van der Waals surface area contributed by atoms with Crippen molar-refractivity contribution in [3.63, 3.8) is 0 Å². The quantitative estimate of drug-likeness (QED) is 0.774. The van der Waals surface area contributed by atoms with Crippen molar-refractivity contribution in [3.8, 4) is 10.4 Å². The van der Waals surface area contributed by atoms with E-state index in [4.69, 9.17) is 0 Å². The first-order chi connectivity index (χ1) is 6.81. The summed E-state index contributed by atoms with van der Waals surface area (Å²) in [5.41, 5.74) is 4.07. The van der Waals surface area contributed by atoms with Crippen LogP contribution in [0.2, 0.25) is 0 Å². The van der Waals surface area contributed by atoms with Crippen LogP contribution in [-0.4, -0.2) is 4.37 Å². The van der Waals surface area contributed by atoms with E-state index in [2.05, 4.69) is 42.5 Å². The maximum absolute atomic E-state index is 3.19. The van der Waals surface area contributed by atoms with Crippen molar-refractivity contribution in [2.24, 2.45) is 0 Å². The summed E-state index contributed by atoms with van der Waals surface area (Å²) in [4.78, 5) is 1.38. The molecule has 0 spiro atoms. The number of aromatic amines is 1. The van der Waals surface area contributed by atoms with E-state index in [1.807, 2.05) is 0 Å². The fourth-order valence-corrected chi connectivity index (χ4v) is 2.25. The third-order valence-corrected chi connectivity index (χ3v) is 3.56. The highest BCUT2D eigenvalue weighted by Gasteiger charge is 2.05. The Balaban J connectivity index is 0.00000112. The van der Waals surface area contributed by atoms with Gasteiger partial charge in [0.1, 0.15) is 0 Å². The molecule has 0 amide bonds. The molecule has 14 heavy (non-hydrogen) atoms. The molecule has 2 aromatic rings. The van der Waals surface area contributed by atoms with Crippen molar-refractivity contribution in [1.82, 2.24) is 4.37 Å². The van der Waals surface area contributed by atoms with Crippen LogP contribution in [0.15, 0.2) is 24.3 Å². The minimum absolute atomic E-state index is 0. The van der Waals surface area contributed by atoms with Gasteiger partial charge in [0.05, 0.1) is 4.88 Å². The van der Waals surface area contributed by atoms with E-state index in [9.17, 15) is 0 Å². The van der Waals surface area contributed by atoms with Crippen LogP contribution in [0.25, 0.3) is 10.4 Å². The molecule has 0 radical (unpaired) electrons. The lowest BCUT2D eigenvalue weighted by atomic mass is 10.1. The number of nitrogens with one attached hydrogen (secondary N) is 1. The molecule has 2 heteroatoms. The van der Waals surface area contributed by atoms with E-state index >= 15 is 0 Å². The van der Waals surface area contributed by atoms with Gasteiger partial charge in [0, 0.05) is 7.12 Å². The highest BCUT2D eigenvalue weighted by molar-refractivity contribution is 7.11. The Morgan fingerprint density at radius 2 is 2.00 bits per heavy atom. The molecule has 76 valence electrons. The molecule has 0 atom stereocenters. The second-order valence-corrected chi connectivity index (χ2v) is 4.42. The molecule has 0 aliphatic carbocycles. The molecule has 0 unspecified atom stereocenters. The predicted molar refractivity (Wildman–Crippen MR) is 65.0 cm³/mol. The van der Waals surface area contributed by atoms with Gasteiger partial charge in [-0.05, 0) is 24.5 Å². The maximum Gasteiger partial charge on any atom is 0.0711 e. The highest BCUT2D eigenvalue weighted by Crippen LogP contribution is 2.28. The third-order valence-electron chi connectivity index (χ3n) is 2.40. The fraction of sp³-hybridized carbons (Fsp3) is 0.333. The van der Waals surface area contributed by atoms with Gasteiger partial charge in [-0.25, -0.2) is 0 Å². The number of aryl methyl sites for hydroxylation is 2. The number of rotatable bonds is 3. The molecule has 0 aliphatic heterocycles. The van der Waals surface area contributed by atoms with E-state index in [0.717, 1.165) is 0 Å². The Kier molecular flexibility index (Phi) is 2.73. The summed E-state index contributed by atoms with van der Waals surface area (Å²) in [6, 6.07) is 8.91. The average Bonchev–Trinajstić information content (AvgIpc) is 2.19. The van der Waals surface area contributed by atoms with Gasteiger partial charge in [-0.2, -0.15) is 0 Å². The summed E-state index contributed by atoms with van der Waals surface area (Å²) in [5.74, 6) is 0. The summed E-state index contributed by atoms with van der Waals surface area (Å²) >= 11 is 1.72. The van der Waals surface area contributed by atoms with Gasteiger partial charge in [-0.3, -0.25) is 0 Å². The number of H-pyrrole nitrogens is 1. The zero-order valence-corrected chi connectivity index (χ0v) is 9.45. The van der Waals surface area contributed by atoms with Crippen molar-refractivity contribution in [2.45, 2.75) is 26.7 Å². The number of hydrogen-bond acceptors (Lipinski definition) is 1. The Morgan fingerprint density at radius 3 is 2.43 bits per heavy atom. The Hall–Kier alpha value is -1.02. The molecule has 1 nitrogen and oxygen atoms in total. The first kappa shape index (κ1) is 9.53. The molecule has 2 rings (SSSR count). The molecule has 0 fully saturated rings. The van der Waals surface area contributed by atoms with Gasteiger partial charge in [-0.1, -0.05) is 49.1 Å². The molecule has 1 aromatic heterocycles. The van der Waals surface area contributed by atoms with E-state index in [1.165, 1.54) is 34.5 Å². The minimum atomic E-state index is 0. The monoisotopic (exact) mass is 207 g/mol. The highest BCUT2D eigenvalue weighted by atomic mass is 32.1. The van der Waals surface area contributed by atoms with Crippen LogP contribution in [0.3, 0.4) is 0 Å². The first-order valence-corrected chi connectivity index (χ1v) is 5.86. The standard InChI is InChI=1S/C12H15NS.H2/c1-3-4-10-5-7-11(8-6-10)12-9(2)13-14-12;/h5-8,13H,3-4H2,1-2H3;1H. The van der Waals surface area contributed by atoms with Crippen molar-refractivity contribution in [3.05, 3.63) is 35.5 Å². The van der Waals surface area contributed by atoms with Crippen LogP contribution in [0.4, 0.5) is 0 Å². The number of hydrogen-bond donors (Lipinski definition) is 1. The van der Waals surface area contributed by atoms with Crippen molar-refractivity contribution in [2.75, 3.05) is 0 Å². The Labute approximate surface area is 90.4 Å². The lowest BCUT2D eigenvalue weighted by molar-refractivity contribution is 0.922. The fourth-order valence-electron chi connectivity index (χ4n) is 1.59. The van der Waals surface area contributed by atoms with Crippen LogP contribution < -0.4 is 0 Å². The van der Waals surface area contributed by atoms with Crippen LogP contribution in [0.5, 0.6) is 0 Å². The van der Waals surface area contributed by atoms with Crippen LogP contribution >= 0.6 is 11.5 Å². The molecule has 0 saturated heterocycles. The lowest BCUT2D eigenvalue weighted by Crippen LogP contribution is -1.89. The largest absolute Gasteiger partial charge is 0.314 e. The van der Waals surface area contributed by atoms with Gasteiger partial charge < -0.3 is 4.37 Å². The second kappa shape index (κ2) is 4.01. The normalized spacial score (nSPS) is 10.7. The molecular formula is C12H17NS. The third kappa shape index (κ3) is 1.75. The summed E-state index contributed by atoms with van der Waals surface area (Å²) in [5, 5.41) is 0. The van der Waals surface area contributed by atoms with Gasteiger partial charge in [0.15, 0.2) is 0 Å². The van der Waals surface area contributed by atoms with E-state index in [1.54, 1.807) is 11.5 Å². The molecule has 0 bridgehead atoms. The Morgan fingerprint density at radius 1 is 1.29 bits per heavy atom. The van der Waals surface area contributed by atoms with Gasteiger partial charge in [0.2, 0.25) is 0 Å². The molecule has 0 aliphatic rings. The van der Waals surface area contributed by atoms with Crippen LogP contribution in [0.1, 0.15) is 26.0 Å². The average molecular weight is 207 g/mol. The summed E-state index contributed by atoms with van der Waals surface area (Å²) in [6.07, 6.45) is 2.40. The molecule has 0 saturated carbocycles. The Bertz CT molecular complexity index is 399. The van der Waals surface area contributed by atoms with Gasteiger partial charge in [-0.15, -0.1) is 0 Å². The zero-order valence-electron chi connectivity index (χ0n) is 8.63. The maximum atomic E-state index is 3.19. The lowest BCUT2D eigenvalue weighted by Gasteiger charge is -2.08. The van der Waals surface area contributed by atoms with E-state index in [-0.39, 0.29) is 1.43 Å². The number of aromatic nitrogens is 1. The van der Waals surface area contributed by atoms with Crippen LogP contribution in [0, 0.1) is 6.92 Å².